The summed E-state index contributed by atoms with van der Waals surface area (Å²) in [5, 5.41) is 8.80. The zero-order chi connectivity index (χ0) is 17.1. The van der Waals surface area contributed by atoms with Gasteiger partial charge in [0.2, 0.25) is 11.5 Å². The van der Waals surface area contributed by atoms with Gasteiger partial charge in [0, 0.05) is 30.4 Å². The first-order valence-corrected chi connectivity index (χ1v) is 7.38. The molecular formula is C15H19N3O5. The van der Waals surface area contributed by atoms with Gasteiger partial charge in [-0.3, -0.25) is 19.2 Å². The van der Waals surface area contributed by atoms with Gasteiger partial charge in [0.05, 0.1) is 0 Å². The molecule has 1 aliphatic rings. The van der Waals surface area contributed by atoms with E-state index in [0.717, 1.165) is 0 Å². The molecule has 8 heteroatoms. The van der Waals surface area contributed by atoms with Gasteiger partial charge in [-0.1, -0.05) is 6.92 Å². The van der Waals surface area contributed by atoms with Gasteiger partial charge in [0.1, 0.15) is 12.6 Å². The van der Waals surface area contributed by atoms with E-state index in [1.807, 2.05) is 6.92 Å². The van der Waals surface area contributed by atoms with Crippen molar-refractivity contribution in [2.24, 2.45) is 0 Å². The number of hydrogen-bond acceptors (Lipinski definition) is 4. The molecule has 23 heavy (non-hydrogen) atoms. The molecule has 0 spiro atoms. The Morgan fingerprint density at radius 3 is 2.61 bits per heavy atom. The van der Waals surface area contributed by atoms with Crippen LogP contribution in [0.3, 0.4) is 0 Å². The molecular weight excluding hydrogens is 302 g/mol. The van der Waals surface area contributed by atoms with Crippen LogP contribution in [0.1, 0.15) is 29.9 Å². The van der Waals surface area contributed by atoms with Crippen LogP contribution in [0.25, 0.3) is 0 Å². The van der Waals surface area contributed by atoms with Gasteiger partial charge in [0.15, 0.2) is 0 Å². The molecule has 1 aromatic rings. The van der Waals surface area contributed by atoms with Crippen molar-refractivity contribution >= 4 is 17.8 Å². The second kappa shape index (κ2) is 6.64. The average Bonchev–Trinajstić information content (AvgIpc) is 2.50. The van der Waals surface area contributed by atoms with E-state index in [1.54, 1.807) is 13.0 Å². The minimum absolute atomic E-state index is 0.158. The van der Waals surface area contributed by atoms with Crippen LogP contribution in [0.15, 0.2) is 16.9 Å². The van der Waals surface area contributed by atoms with Crippen molar-refractivity contribution in [2.75, 3.05) is 19.6 Å². The molecule has 2 heterocycles. The Kier molecular flexibility index (Phi) is 4.83. The Morgan fingerprint density at radius 2 is 2.00 bits per heavy atom. The third kappa shape index (κ3) is 3.58. The SMILES string of the molecule is CCc1cc(C(=O)N2CCN(CC(=O)O)C(=O)[C@@H]2C)cc(=O)[nH]1. The summed E-state index contributed by atoms with van der Waals surface area (Å²) in [5.41, 5.74) is 0.512. The summed E-state index contributed by atoms with van der Waals surface area (Å²) in [6.45, 7) is 3.42. The Morgan fingerprint density at radius 1 is 1.30 bits per heavy atom. The van der Waals surface area contributed by atoms with Gasteiger partial charge in [-0.15, -0.1) is 0 Å². The molecule has 2 N–H and O–H groups in total. The number of rotatable bonds is 4. The monoisotopic (exact) mass is 321 g/mol. The third-order valence-electron chi connectivity index (χ3n) is 3.86. The number of aryl methyl sites for hydroxylation is 1. The number of piperazine rings is 1. The normalized spacial score (nSPS) is 18.2. The smallest absolute Gasteiger partial charge is 0.323 e. The minimum atomic E-state index is -1.09. The lowest BCUT2D eigenvalue weighted by Crippen LogP contribution is -2.58. The fourth-order valence-corrected chi connectivity index (χ4v) is 2.61. The van der Waals surface area contributed by atoms with Gasteiger partial charge < -0.3 is 19.9 Å². The number of carboxylic acid groups (broad SMARTS) is 1. The van der Waals surface area contributed by atoms with Crippen LogP contribution in [0, 0.1) is 0 Å². The van der Waals surface area contributed by atoms with Crippen LogP contribution in [0.5, 0.6) is 0 Å². The van der Waals surface area contributed by atoms with Gasteiger partial charge in [-0.25, -0.2) is 0 Å². The van der Waals surface area contributed by atoms with Crippen molar-refractivity contribution in [1.29, 1.82) is 0 Å². The van der Waals surface area contributed by atoms with E-state index in [1.165, 1.54) is 15.9 Å². The molecule has 124 valence electrons. The Balaban J connectivity index is 2.21. The average molecular weight is 321 g/mol. The van der Waals surface area contributed by atoms with Crippen molar-refractivity contribution in [1.82, 2.24) is 14.8 Å². The molecule has 8 nitrogen and oxygen atoms in total. The van der Waals surface area contributed by atoms with Gasteiger partial charge in [-0.05, 0) is 19.4 Å². The van der Waals surface area contributed by atoms with E-state index in [9.17, 15) is 19.2 Å². The number of aromatic amines is 1. The van der Waals surface area contributed by atoms with E-state index < -0.39 is 23.8 Å². The Hall–Kier alpha value is -2.64. The molecule has 0 aromatic carbocycles. The lowest BCUT2D eigenvalue weighted by atomic mass is 10.1. The number of nitrogens with zero attached hydrogens (tertiary/aromatic N) is 2. The van der Waals surface area contributed by atoms with Crippen LogP contribution in [-0.2, 0) is 16.0 Å². The van der Waals surface area contributed by atoms with Crippen molar-refractivity contribution in [2.45, 2.75) is 26.3 Å². The van der Waals surface area contributed by atoms with E-state index in [2.05, 4.69) is 4.98 Å². The topological polar surface area (TPSA) is 111 Å². The molecule has 1 saturated heterocycles. The van der Waals surface area contributed by atoms with E-state index in [4.69, 9.17) is 5.11 Å². The number of carbonyl (C=O) groups is 3. The molecule has 0 unspecified atom stereocenters. The van der Waals surface area contributed by atoms with Crippen molar-refractivity contribution < 1.29 is 19.5 Å². The summed E-state index contributed by atoms with van der Waals surface area (Å²) in [6.07, 6.45) is 0.581. The highest BCUT2D eigenvalue weighted by molar-refractivity contribution is 5.98. The molecule has 0 saturated carbocycles. The lowest BCUT2D eigenvalue weighted by molar-refractivity contribution is -0.148. The second-order valence-electron chi connectivity index (χ2n) is 5.44. The van der Waals surface area contributed by atoms with E-state index >= 15 is 0 Å². The van der Waals surface area contributed by atoms with Gasteiger partial charge in [0.25, 0.3) is 5.91 Å². The number of H-pyrrole nitrogens is 1. The number of hydrogen-bond donors (Lipinski definition) is 2. The van der Waals surface area contributed by atoms with Crippen LogP contribution < -0.4 is 5.56 Å². The fraction of sp³-hybridized carbons (Fsp3) is 0.467. The lowest BCUT2D eigenvalue weighted by Gasteiger charge is -2.38. The standard InChI is InChI=1S/C15H19N3O5/c1-3-11-6-10(7-12(19)16-11)15(23)18-5-4-17(8-13(20)21)14(22)9(18)2/h6-7,9H,3-5,8H2,1-2H3,(H,16,19)(H,20,21)/t9-/m0/s1. The summed E-state index contributed by atoms with van der Waals surface area (Å²) in [5.74, 6) is -1.90. The molecule has 0 bridgehead atoms. The molecule has 1 aliphatic heterocycles. The number of aliphatic carboxylic acids is 1. The largest absolute Gasteiger partial charge is 0.480 e. The van der Waals surface area contributed by atoms with E-state index in [-0.39, 0.29) is 30.8 Å². The second-order valence-corrected chi connectivity index (χ2v) is 5.44. The summed E-state index contributed by atoms with van der Waals surface area (Å²) < 4.78 is 0. The van der Waals surface area contributed by atoms with Crippen LogP contribution in [0.2, 0.25) is 0 Å². The number of pyridine rings is 1. The maximum Gasteiger partial charge on any atom is 0.323 e. The highest BCUT2D eigenvalue weighted by Gasteiger charge is 2.35. The predicted molar refractivity (Wildman–Crippen MR) is 81.2 cm³/mol. The van der Waals surface area contributed by atoms with Gasteiger partial charge in [-0.2, -0.15) is 0 Å². The van der Waals surface area contributed by atoms with Gasteiger partial charge >= 0.3 is 5.97 Å². The van der Waals surface area contributed by atoms with Crippen molar-refractivity contribution in [3.63, 3.8) is 0 Å². The Bertz CT molecular complexity index is 697. The highest BCUT2D eigenvalue weighted by Crippen LogP contribution is 2.15. The first-order valence-electron chi connectivity index (χ1n) is 7.38. The molecule has 0 radical (unpaired) electrons. The molecule has 1 atom stereocenters. The highest BCUT2D eigenvalue weighted by atomic mass is 16.4. The first kappa shape index (κ1) is 16.7. The fourth-order valence-electron chi connectivity index (χ4n) is 2.61. The number of aromatic nitrogens is 1. The number of carbonyl (C=O) groups excluding carboxylic acids is 2. The summed E-state index contributed by atoms with van der Waals surface area (Å²) >= 11 is 0. The van der Waals surface area contributed by atoms with Crippen LogP contribution >= 0.6 is 0 Å². The van der Waals surface area contributed by atoms with Crippen LogP contribution in [0.4, 0.5) is 0 Å². The zero-order valence-electron chi connectivity index (χ0n) is 13.0. The predicted octanol–water partition coefficient (Wildman–Crippen LogP) is -0.305. The summed E-state index contributed by atoms with van der Waals surface area (Å²) in [7, 11) is 0. The molecule has 0 aliphatic carbocycles. The zero-order valence-corrected chi connectivity index (χ0v) is 13.0. The molecule has 2 amide bonds. The number of nitrogens with one attached hydrogen (secondary N) is 1. The maximum atomic E-state index is 12.6. The Labute approximate surface area is 132 Å². The summed E-state index contributed by atoms with van der Waals surface area (Å²) in [6, 6.07) is 2.05. The third-order valence-corrected chi connectivity index (χ3v) is 3.86. The maximum absolute atomic E-state index is 12.6. The minimum Gasteiger partial charge on any atom is -0.480 e. The number of carboxylic acids is 1. The molecule has 1 fully saturated rings. The molecule has 2 rings (SSSR count). The summed E-state index contributed by atoms with van der Waals surface area (Å²) in [4.78, 5) is 52.4. The number of amides is 2. The van der Waals surface area contributed by atoms with Crippen molar-refractivity contribution in [3.05, 3.63) is 33.7 Å². The van der Waals surface area contributed by atoms with E-state index in [0.29, 0.717) is 12.1 Å². The first-order chi connectivity index (χ1) is 10.8. The van der Waals surface area contributed by atoms with Crippen molar-refractivity contribution in [3.8, 4) is 0 Å². The quantitative estimate of drug-likeness (QED) is 0.790. The molecule has 1 aromatic heterocycles. The van der Waals surface area contributed by atoms with Crippen LogP contribution in [-0.4, -0.2) is 63.4 Å².